The van der Waals surface area contributed by atoms with Crippen molar-refractivity contribution >= 4 is 22.6 Å². The third-order valence-corrected chi connectivity index (χ3v) is 6.88. The van der Waals surface area contributed by atoms with Crippen LogP contribution in [0.5, 0.6) is 0 Å². The van der Waals surface area contributed by atoms with Crippen LogP contribution in [0.15, 0.2) is 48.7 Å². The molecular formula is C25H23N3O2. The molecule has 2 amide bonds. The van der Waals surface area contributed by atoms with Crippen molar-refractivity contribution in [2.75, 3.05) is 13.6 Å². The third-order valence-electron chi connectivity index (χ3n) is 6.88. The predicted octanol–water partition coefficient (Wildman–Crippen LogP) is 4.11. The zero-order valence-corrected chi connectivity index (χ0v) is 17.0. The average Bonchev–Trinajstić information content (AvgIpc) is 3.51. The molecule has 1 saturated carbocycles. The van der Waals surface area contributed by atoms with E-state index in [-0.39, 0.29) is 11.8 Å². The highest BCUT2D eigenvalue weighted by Gasteiger charge is 2.46. The molecule has 0 N–H and O–H groups in total. The molecule has 3 aromatic rings. The molecule has 1 aromatic heterocycles. The highest BCUT2D eigenvalue weighted by atomic mass is 16.2. The molecule has 2 fully saturated rings. The maximum absolute atomic E-state index is 13.1. The van der Waals surface area contributed by atoms with Crippen molar-refractivity contribution in [2.24, 2.45) is 5.92 Å². The largest absolute Gasteiger partial charge is 0.336 e. The van der Waals surface area contributed by atoms with Crippen molar-refractivity contribution in [2.45, 2.75) is 31.8 Å². The number of nitrogens with zero attached hydrogens (tertiary/aromatic N) is 3. The van der Waals surface area contributed by atoms with Crippen molar-refractivity contribution in [1.82, 2.24) is 14.8 Å². The van der Waals surface area contributed by atoms with Gasteiger partial charge in [-0.25, -0.2) is 0 Å². The van der Waals surface area contributed by atoms with Crippen molar-refractivity contribution < 1.29 is 9.59 Å². The van der Waals surface area contributed by atoms with E-state index in [4.69, 9.17) is 0 Å². The second-order valence-electron chi connectivity index (χ2n) is 8.84. The zero-order valence-electron chi connectivity index (χ0n) is 17.0. The first-order chi connectivity index (χ1) is 14.6. The number of hydrogen-bond donors (Lipinski definition) is 0. The van der Waals surface area contributed by atoms with Crippen LogP contribution < -0.4 is 0 Å². The number of carbonyl (C=O) groups excluding carboxylic acids is 2. The number of amides is 2. The molecule has 30 heavy (non-hydrogen) atoms. The van der Waals surface area contributed by atoms with Gasteiger partial charge in [-0.15, -0.1) is 0 Å². The first-order valence-corrected chi connectivity index (χ1v) is 10.7. The Morgan fingerprint density at radius 2 is 2.07 bits per heavy atom. The summed E-state index contributed by atoms with van der Waals surface area (Å²) in [5.74, 6) is 0.872. The topological polar surface area (TPSA) is 53.5 Å². The van der Waals surface area contributed by atoms with E-state index in [1.165, 1.54) is 12.8 Å². The van der Waals surface area contributed by atoms with Gasteiger partial charge >= 0.3 is 0 Å². The van der Waals surface area contributed by atoms with Gasteiger partial charge in [0, 0.05) is 49.1 Å². The van der Waals surface area contributed by atoms with Gasteiger partial charge in [0.25, 0.3) is 11.8 Å². The number of rotatable bonds is 2. The van der Waals surface area contributed by atoms with Crippen LogP contribution in [0.2, 0.25) is 0 Å². The summed E-state index contributed by atoms with van der Waals surface area (Å²) in [5, 5.41) is 2.15. The average molecular weight is 397 g/mol. The molecule has 5 nitrogen and oxygen atoms in total. The Bertz CT molecular complexity index is 1220. The van der Waals surface area contributed by atoms with E-state index < -0.39 is 0 Å². The number of fused-ring (bicyclic) bond motifs is 3. The third kappa shape index (κ3) is 2.65. The molecule has 1 aliphatic carbocycles. The van der Waals surface area contributed by atoms with Gasteiger partial charge in [-0.2, -0.15) is 0 Å². The fourth-order valence-electron chi connectivity index (χ4n) is 5.18. The van der Waals surface area contributed by atoms with Crippen molar-refractivity contribution in [3.63, 3.8) is 0 Å². The number of likely N-dealkylation sites (tertiary alicyclic amines) is 1. The lowest BCUT2D eigenvalue weighted by Crippen LogP contribution is -2.37. The van der Waals surface area contributed by atoms with Gasteiger partial charge in [-0.1, -0.05) is 24.3 Å². The summed E-state index contributed by atoms with van der Waals surface area (Å²) in [5.41, 5.74) is 4.36. The highest BCUT2D eigenvalue weighted by Crippen LogP contribution is 2.43. The number of pyridine rings is 1. The fraction of sp³-hybridized carbons (Fsp3) is 0.320. The van der Waals surface area contributed by atoms with Crippen LogP contribution in [0.3, 0.4) is 0 Å². The van der Waals surface area contributed by atoms with Gasteiger partial charge < -0.3 is 9.80 Å². The zero-order chi connectivity index (χ0) is 20.4. The number of benzene rings is 2. The molecule has 0 radical (unpaired) electrons. The summed E-state index contributed by atoms with van der Waals surface area (Å²) in [7, 11) is 1.80. The Morgan fingerprint density at radius 3 is 2.97 bits per heavy atom. The van der Waals surface area contributed by atoms with Gasteiger partial charge in [0.1, 0.15) is 5.69 Å². The first-order valence-electron chi connectivity index (χ1n) is 10.7. The van der Waals surface area contributed by atoms with Crippen LogP contribution >= 0.6 is 0 Å². The van der Waals surface area contributed by atoms with E-state index >= 15 is 0 Å². The predicted molar refractivity (Wildman–Crippen MR) is 115 cm³/mol. The number of piperidine rings is 1. The van der Waals surface area contributed by atoms with Crippen molar-refractivity contribution in [1.29, 1.82) is 0 Å². The molecule has 2 unspecified atom stereocenters. The molecule has 0 bridgehead atoms. The molecule has 150 valence electrons. The molecule has 6 rings (SSSR count). The Labute approximate surface area is 175 Å². The lowest BCUT2D eigenvalue weighted by molar-refractivity contribution is 0.0706. The van der Waals surface area contributed by atoms with Gasteiger partial charge in [-0.3, -0.25) is 14.6 Å². The van der Waals surface area contributed by atoms with Crippen LogP contribution in [-0.2, 0) is 6.54 Å². The first kappa shape index (κ1) is 17.6. The lowest BCUT2D eigenvalue weighted by atomic mass is 9.96. The number of aromatic nitrogens is 1. The molecule has 3 heterocycles. The van der Waals surface area contributed by atoms with E-state index in [9.17, 15) is 9.59 Å². The van der Waals surface area contributed by atoms with E-state index in [0.717, 1.165) is 51.9 Å². The minimum absolute atomic E-state index is 0.0201. The Balaban J connectivity index is 1.37. The van der Waals surface area contributed by atoms with E-state index in [1.54, 1.807) is 18.1 Å². The van der Waals surface area contributed by atoms with Crippen LogP contribution in [0.1, 0.15) is 45.7 Å². The van der Waals surface area contributed by atoms with E-state index in [2.05, 4.69) is 34.1 Å². The quantitative estimate of drug-likeness (QED) is 0.654. The molecule has 0 spiro atoms. The smallest absolute Gasteiger partial charge is 0.272 e. The van der Waals surface area contributed by atoms with Gasteiger partial charge in [0.2, 0.25) is 0 Å². The second-order valence-corrected chi connectivity index (χ2v) is 8.84. The van der Waals surface area contributed by atoms with Crippen LogP contribution in [0.4, 0.5) is 0 Å². The highest BCUT2D eigenvalue weighted by molar-refractivity contribution is 6.03. The Hall–Kier alpha value is -3.21. The maximum Gasteiger partial charge on any atom is 0.272 e. The summed E-state index contributed by atoms with van der Waals surface area (Å²) in [6.45, 7) is 1.47. The molecule has 1 saturated heterocycles. The summed E-state index contributed by atoms with van der Waals surface area (Å²) in [4.78, 5) is 33.5. The summed E-state index contributed by atoms with van der Waals surface area (Å²) >= 11 is 0. The molecule has 2 aromatic carbocycles. The monoisotopic (exact) mass is 397 g/mol. The number of carbonyl (C=O) groups is 2. The van der Waals surface area contributed by atoms with Gasteiger partial charge in [0.05, 0.1) is 0 Å². The lowest BCUT2D eigenvalue weighted by Gasteiger charge is -2.27. The SMILES string of the molecule is CN1Cc2cc(-c3cccc4cc(C(=O)N5CCCC6CC65)ccc34)cnc2C1=O. The van der Waals surface area contributed by atoms with Crippen molar-refractivity contribution in [3.05, 3.63) is 65.5 Å². The van der Waals surface area contributed by atoms with Crippen LogP contribution in [0.25, 0.3) is 21.9 Å². The molecule has 2 atom stereocenters. The molecular weight excluding hydrogens is 374 g/mol. The van der Waals surface area contributed by atoms with Crippen LogP contribution in [-0.4, -0.2) is 46.2 Å². The van der Waals surface area contributed by atoms with Gasteiger partial charge in [-0.05, 0) is 59.7 Å². The summed E-state index contributed by atoms with van der Waals surface area (Å²) < 4.78 is 0. The number of hydrogen-bond acceptors (Lipinski definition) is 3. The Kier molecular flexibility index (Phi) is 3.76. The standard InChI is InChI=1S/C25H23N3O2/c1-27-14-19-11-18(13-26-23(19)25(27)30)20-6-2-4-15-10-17(7-8-21(15)20)24(29)28-9-3-5-16-12-22(16)28/h2,4,6-8,10-11,13,16,22H,3,5,9,12,14H2,1H3. The summed E-state index contributed by atoms with van der Waals surface area (Å²) in [6, 6.07) is 14.7. The fourth-order valence-corrected chi connectivity index (χ4v) is 5.18. The molecule has 2 aliphatic heterocycles. The van der Waals surface area contributed by atoms with Crippen LogP contribution in [0, 0.1) is 5.92 Å². The van der Waals surface area contributed by atoms with Gasteiger partial charge in [0.15, 0.2) is 0 Å². The summed E-state index contributed by atoms with van der Waals surface area (Å²) in [6.07, 6.45) is 5.34. The van der Waals surface area contributed by atoms with Crippen molar-refractivity contribution in [3.8, 4) is 11.1 Å². The minimum Gasteiger partial charge on any atom is -0.336 e. The minimum atomic E-state index is -0.0201. The maximum atomic E-state index is 13.1. The Morgan fingerprint density at radius 1 is 1.17 bits per heavy atom. The van der Waals surface area contributed by atoms with E-state index in [1.807, 2.05) is 18.2 Å². The van der Waals surface area contributed by atoms with E-state index in [0.29, 0.717) is 18.3 Å². The molecule has 5 heteroatoms. The second kappa shape index (κ2) is 6.39. The normalized spacial score (nSPS) is 22.2. The molecule has 3 aliphatic rings.